The van der Waals surface area contributed by atoms with Crippen molar-refractivity contribution in [3.8, 4) is 11.3 Å². The number of hydrogen-bond donors (Lipinski definition) is 1. The van der Waals surface area contributed by atoms with E-state index in [4.69, 9.17) is 0 Å². The molecule has 3 aromatic rings. The zero-order valence-electron chi connectivity index (χ0n) is 16.0. The SMILES string of the molecule is Cn1nc(C(F)(F)F)nc1C(=O)NC1CCn2nc(-c3ccnc(C4CC4)c3)cc21. The number of rotatable bonds is 4. The lowest BCUT2D eigenvalue weighted by Gasteiger charge is -2.11. The van der Waals surface area contributed by atoms with Gasteiger partial charge in [0, 0.05) is 37.0 Å². The zero-order valence-corrected chi connectivity index (χ0v) is 16.0. The molecule has 30 heavy (non-hydrogen) atoms. The first kappa shape index (κ1) is 18.8. The van der Waals surface area contributed by atoms with Crippen LogP contribution < -0.4 is 5.32 Å². The molecule has 1 saturated carbocycles. The predicted octanol–water partition coefficient (Wildman–Crippen LogP) is 2.84. The van der Waals surface area contributed by atoms with Gasteiger partial charge in [0.1, 0.15) is 0 Å². The molecule has 0 radical (unpaired) electrons. The Morgan fingerprint density at radius 1 is 1.20 bits per heavy atom. The highest BCUT2D eigenvalue weighted by Gasteiger charge is 2.38. The summed E-state index contributed by atoms with van der Waals surface area (Å²) in [6.07, 6.45) is -0.0211. The van der Waals surface area contributed by atoms with E-state index in [0.717, 1.165) is 40.2 Å². The topological polar surface area (TPSA) is 90.5 Å². The second-order valence-corrected chi connectivity index (χ2v) is 7.62. The number of pyridine rings is 1. The van der Waals surface area contributed by atoms with Crippen molar-refractivity contribution in [2.75, 3.05) is 0 Å². The van der Waals surface area contributed by atoms with Gasteiger partial charge in [-0.2, -0.15) is 23.3 Å². The van der Waals surface area contributed by atoms with Crippen LogP contribution in [0.1, 0.15) is 59.1 Å². The fraction of sp³-hybridized carbons (Fsp3) is 0.421. The molecule has 1 unspecified atom stereocenters. The van der Waals surface area contributed by atoms with Crippen LogP contribution in [-0.2, 0) is 19.8 Å². The minimum absolute atomic E-state index is 0.366. The number of hydrogen-bond acceptors (Lipinski definition) is 5. The molecule has 1 atom stereocenters. The van der Waals surface area contributed by atoms with Gasteiger partial charge in [-0.15, -0.1) is 5.10 Å². The highest BCUT2D eigenvalue weighted by Crippen LogP contribution is 2.40. The number of aromatic nitrogens is 6. The monoisotopic (exact) mass is 417 g/mol. The first-order valence-electron chi connectivity index (χ1n) is 9.63. The Morgan fingerprint density at radius 2 is 2.00 bits per heavy atom. The quantitative estimate of drug-likeness (QED) is 0.705. The zero-order chi connectivity index (χ0) is 21.0. The molecule has 0 saturated heterocycles. The van der Waals surface area contributed by atoms with E-state index < -0.39 is 17.9 Å². The second-order valence-electron chi connectivity index (χ2n) is 7.62. The van der Waals surface area contributed by atoms with Crippen LogP contribution in [0, 0.1) is 0 Å². The number of nitrogens with zero attached hydrogens (tertiary/aromatic N) is 6. The third kappa shape index (κ3) is 3.33. The predicted molar refractivity (Wildman–Crippen MR) is 98.3 cm³/mol. The summed E-state index contributed by atoms with van der Waals surface area (Å²) in [5, 5.41) is 10.7. The van der Waals surface area contributed by atoms with Crippen molar-refractivity contribution in [1.82, 2.24) is 34.8 Å². The van der Waals surface area contributed by atoms with Crippen LogP contribution in [0.2, 0.25) is 0 Å². The Hall–Kier alpha value is -3.24. The molecule has 0 aromatic carbocycles. The maximum absolute atomic E-state index is 12.8. The van der Waals surface area contributed by atoms with Gasteiger partial charge in [-0.05, 0) is 37.5 Å². The van der Waals surface area contributed by atoms with Gasteiger partial charge < -0.3 is 5.32 Å². The first-order chi connectivity index (χ1) is 14.3. The van der Waals surface area contributed by atoms with Crippen LogP contribution in [0.15, 0.2) is 24.4 Å². The Bertz CT molecular complexity index is 1130. The molecule has 5 rings (SSSR count). The molecule has 11 heteroatoms. The third-order valence-corrected chi connectivity index (χ3v) is 5.40. The standard InChI is InChI=1S/C19H18F3N7O/c1-28-16(25-18(27-28)19(20,21)22)17(30)24-12-5-7-29-15(12)9-14(26-29)11-4-6-23-13(8-11)10-2-3-10/h4,6,8-10,12H,2-3,5,7H2,1H3,(H,24,30). The molecule has 2 aliphatic rings. The molecular formula is C19H18F3N7O. The molecule has 1 aliphatic heterocycles. The van der Waals surface area contributed by atoms with Gasteiger partial charge in [0.15, 0.2) is 0 Å². The van der Waals surface area contributed by atoms with Gasteiger partial charge in [-0.1, -0.05) is 0 Å². The summed E-state index contributed by atoms with van der Waals surface area (Å²) in [6.45, 7) is 0.605. The van der Waals surface area contributed by atoms with Crippen LogP contribution in [0.3, 0.4) is 0 Å². The number of amides is 1. The van der Waals surface area contributed by atoms with Crippen LogP contribution in [0.5, 0.6) is 0 Å². The van der Waals surface area contributed by atoms with Gasteiger partial charge in [0.05, 0.1) is 17.4 Å². The van der Waals surface area contributed by atoms with Crippen LogP contribution in [0.25, 0.3) is 11.3 Å². The molecule has 3 aromatic heterocycles. The van der Waals surface area contributed by atoms with Crippen molar-refractivity contribution in [1.29, 1.82) is 0 Å². The average Bonchev–Trinajstić information content (AvgIpc) is 3.17. The highest BCUT2D eigenvalue weighted by molar-refractivity contribution is 5.91. The molecule has 8 nitrogen and oxygen atoms in total. The summed E-state index contributed by atoms with van der Waals surface area (Å²) in [5.74, 6) is -1.90. The Labute approximate surface area is 169 Å². The summed E-state index contributed by atoms with van der Waals surface area (Å²) in [5.41, 5.74) is 3.61. The van der Waals surface area contributed by atoms with E-state index in [1.807, 2.05) is 22.9 Å². The number of fused-ring (bicyclic) bond motifs is 1. The minimum atomic E-state index is -4.71. The van der Waals surface area contributed by atoms with Gasteiger partial charge >= 0.3 is 6.18 Å². The lowest BCUT2D eigenvalue weighted by molar-refractivity contribution is -0.144. The smallest absolute Gasteiger partial charge is 0.341 e. The molecule has 1 amide bonds. The molecule has 0 spiro atoms. The lowest BCUT2D eigenvalue weighted by atomic mass is 10.1. The van der Waals surface area contributed by atoms with E-state index in [9.17, 15) is 18.0 Å². The van der Waals surface area contributed by atoms with Crippen LogP contribution in [-0.4, -0.2) is 35.4 Å². The van der Waals surface area contributed by atoms with Crippen molar-refractivity contribution in [3.63, 3.8) is 0 Å². The summed E-state index contributed by atoms with van der Waals surface area (Å²) in [4.78, 5) is 20.3. The number of aryl methyl sites for hydroxylation is 2. The largest absolute Gasteiger partial charge is 0.453 e. The molecule has 1 fully saturated rings. The minimum Gasteiger partial charge on any atom is -0.341 e. The van der Waals surface area contributed by atoms with E-state index in [2.05, 4.69) is 25.5 Å². The maximum atomic E-state index is 12.8. The molecule has 1 N–H and O–H groups in total. The number of halogens is 3. The van der Waals surface area contributed by atoms with E-state index in [1.165, 1.54) is 7.05 Å². The normalized spacial score (nSPS) is 18.5. The highest BCUT2D eigenvalue weighted by atomic mass is 19.4. The van der Waals surface area contributed by atoms with Gasteiger partial charge in [0.2, 0.25) is 5.82 Å². The number of carbonyl (C=O) groups excluding carboxylic acids is 1. The van der Waals surface area contributed by atoms with Crippen molar-refractivity contribution < 1.29 is 18.0 Å². The second kappa shape index (κ2) is 6.64. The summed E-state index contributed by atoms with van der Waals surface area (Å²) < 4.78 is 41.1. The van der Waals surface area contributed by atoms with E-state index in [0.29, 0.717) is 18.9 Å². The van der Waals surface area contributed by atoms with Crippen molar-refractivity contribution >= 4 is 5.91 Å². The Morgan fingerprint density at radius 3 is 2.70 bits per heavy atom. The number of nitrogens with one attached hydrogen (secondary N) is 1. The lowest BCUT2D eigenvalue weighted by Crippen LogP contribution is -2.29. The maximum Gasteiger partial charge on any atom is 0.453 e. The number of carbonyl (C=O) groups is 1. The summed E-state index contributed by atoms with van der Waals surface area (Å²) >= 11 is 0. The van der Waals surface area contributed by atoms with Crippen molar-refractivity contribution in [2.45, 2.75) is 43.9 Å². The third-order valence-electron chi connectivity index (χ3n) is 5.40. The van der Waals surface area contributed by atoms with Gasteiger partial charge in [0.25, 0.3) is 11.7 Å². The van der Waals surface area contributed by atoms with Gasteiger partial charge in [-0.3, -0.25) is 14.5 Å². The van der Waals surface area contributed by atoms with Crippen LogP contribution >= 0.6 is 0 Å². The molecule has 1 aliphatic carbocycles. The first-order valence-corrected chi connectivity index (χ1v) is 9.63. The fourth-order valence-electron chi connectivity index (χ4n) is 3.71. The van der Waals surface area contributed by atoms with Crippen molar-refractivity contribution in [3.05, 3.63) is 47.4 Å². The fourth-order valence-corrected chi connectivity index (χ4v) is 3.71. The Kier molecular flexibility index (Phi) is 4.16. The Balaban J connectivity index is 1.36. The summed E-state index contributed by atoms with van der Waals surface area (Å²) in [7, 11) is 1.26. The average molecular weight is 417 g/mol. The molecule has 4 heterocycles. The molecular weight excluding hydrogens is 399 g/mol. The molecule has 156 valence electrons. The van der Waals surface area contributed by atoms with Gasteiger partial charge in [-0.25, -0.2) is 4.68 Å². The summed E-state index contributed by atoms with van der Waals surface area (Å²) in [6, 6.07) is 5.48. The van der Waals surface area contributed by atoms with Crippen molar-refractivity contribution in [2.24, 2.45) is 7.05 Å². The number of alkyl halides is 3. The van der Waals surface area contributed by atoms with E-state index in [1.54, 1.807) is 6.20 Å². The molecule has 0 bridgehead atoms. The van der Waals surface area contributed by atoms with E-state index in [-0.39, 0.29) is 11.9 Å². The van der Waals surface area contributed by atoms with E-state index >= 15 is 0 Å². The van der Waals surface area contributed by atoms with Crippen LogP contribution in [0.4, 0.5) is 13.2 Å².